The molecule has 0 aliphatic heterocycles. The van der Waals surface area contributed by atoms with Crippen LogP contribution < -0.4 is 0 Å². The summed E-state index contributed by atoms with van der Waals surface area (Å²) in [5, 5.41) is 51.5. The Bertz CT molecular complexity index is 395. The van der Waals surface area contributed by atoms with Crippen LogP contribution in [0, 0.1) is 61.4 Å². The maximum absolute atomic E-state index is 8.58. The van der Waals surface area contributed by atoms with Crippen LogP contribution in [0.25, 0.3) is 0 Å². The van der Waals surface area contributed by atoms with Gasteiger partial charge in [0.15, 0.2) is 0 Å². The average molecular weight is 428 g/mol. The molecule has 0 aliphatic rings. The van der Waals surface area contributed by atoms with Crippen LogP contribution in [0.5, 0.6) is 0 Å². The number of hydrogen-bond acceptors (Lipinski definition) is 6. The Kier molecular flexibility index (Phi) is 6.03. The molecule has 84 valence electrons. The Morgan fingerprint density at radius 2 is 0.600 bits per heavy atom. The van der Waals surface area contributed by atoms with Crippen molar-refractivity contribution in [1.82, 2.24) is 0 Å². The molecule has 0 amide bonds. The minimum Gasteiger partial charge on any atom is 1.00 e. The van der Waals surface area contributed by atoms with E-state index >= 15 is 0 Å². The van der Waals surface area contributed by atoms with E-state index in [2.05, 4.69) is 0 Å². The average Bonchev–Trinajstić information content (AvgIpc) is 2.26. The molecular weight excluding hydrogens is 428 g/mol. The van der Waals surface area contributed by atoms with Crippen LogP contribution in [0.3, 0.4) is 0 Å². The van der Waals surface area contributed by atoms with Gasteiger partial charge in [0, 0.05) is 0 Å². The van der Waals surface area contributed by atoms with E-state index in [4.69, 9.17) is 31.6 Å². The smallest absolute Gasteiger partial charge is 1.00 e. The van der Waals surface area contributed by atoms with Crippen molar-refractivity contribution in [3.8, 4) is 29.8 Å². The molecule has 15 heavy (non-hydrogen) atoms. The molecule has 0 bridgehead atoms. The predicted octanol–water partition coefficient (Wildman–Crippen LogP) is 0.0932. The first-order valence-corrected chi connectivity index (χ1v) is 5.71. The van der Waals surface area contributed by atoms with Crippen LogP contribution in [-0.4, -0.2) is 0 Å². The van der Waals surface area contributed by atoms with Crippen molar-refractivity contribution in [1.29, 1.82) is 31.6 Å². The Morgan fingerprint density at radius 3 is 0.600 bits per heavy atom. The fraction of sp³-hybridized carbons (Fsp3) is 0. The van der Waals surface area contributed by atoms with Crippen molar-refractivity contribution in [2.24, 2.45) is 0 Å². The second kappa shape index (κ2) is 4.64. The van der Waals surface area contributed by atoms with Gasteiger partial charge in [0.25, 0.3) is 0 Å². The molecule has 0 aromatic heterocycles. The van der Waals surface area contributed by atoms with Gasteiger partial charge in [-0.05, 0) is 0 Å². The molecular formula is C6Ag2FeN6. The fourth-order valence-corrected chi connectivity index (χ4v) is 1.09. The molecule has 0 fully saturated rings. The molecule has 0 aliphatic carbocycles. The molecule has 9 heteroatoms. The van der Waals surface area contributed by atoms with E-state index in [1.807, 2.05) is 0 Å². The van der Waals surface area contributed by atoms with Crippen molar-refractivity contribution in [3.63, 3.8) is 0 Å². The van der Waals surface area contributed by atoms with Gasteiger partial charge >= 0.3 is 117 Å². The maximum atomic E-state index is 8.58. The molecule has 0 unspecified atom stereocenters. The maximum Gasteiger partial charge on any atom is 1.00 e. The molecule has 0 atom stereocenters. The van der Waals surface area contributed by atoms with E-state index in [-0.39, 0.29) is 44.8 Å². The molecule has 0 aromatic rings. The zero-order valence-electron chi connectivity index (χ0n) is 6.64. The normalized spacial score (nSPS) is 11.6. The van der Waals surface area contributed by atoms with Crippen molar-refractivity contribution in [2.45, 2.75) is 0 Å². The van der Waals surface area contributed by atoms with Gasteiger partial charge in [-0.15, -0.1) is 0 Å². The summed E-state index contributed by atoms with van der Waals surface area (Å²) < 4.78 is 0. The van der Waals surface area contributed by atoms with E-state index < -0.39 is 10.7 Å². The third kappa shape index (κ3) is 1.85. The third-order valence-electron chi connectivity index (χ3n) is 1.19. The van der Waals surface area contributed by atoms with E-state index in [9.17, 15) is 0 Å². The van der Waals surface area contributed by atoms with Gasteiger partial charge in [-0.3, -0.25) is 0 Å². The van der Waals surface area contributed by atoms with Crippen molar-refractivity contribution in [3.05, 3.63) is 0 Å². The van der Waals surface area contributed by atoms with Crippen LogP contribution in [0.2, 0.25) is 0 Å². The summed E-state index contributed by atoms with van der Waals surface area (Å²) in [6.07, 6.45) is 0. The zero-order chi connectivity index (χ0) is 10.7. The van der Waals surface area contributed by atoms with Crippen LogP contribution in [0.1, 0.15) is 0 Å². The summed E-state index contributed by atoms with van der Waals surface area (Å²) in [5.74, 6) is 0. The number of nitriles is 6. The number of hydrogen-bond donors (Lipinski definition) is 0. The monoisotopic (exact) mass is 426 g/mol. The van der Waals surface area contributed by atoms with Gasteiger partial charge in [0.05, 0.1) is 0 Å². The summed E-state index contributed by atoms with van der Waals surface area (Å²) in [6, 6.07) is 0. The summed E-state index contributed by atoms with van der Waals surface area (Å²) in [6.45, 7) is 0. The first-order chi connectivity index (χ1) is 5.97. The topological polar surface area (TPSA) is 143 Å². The van der Waals surface area contributed by atoms with Crippen LogP contribution in [-0.2, 0) is 55.5 Å². The predicted molar refractivity (Wildman–Crippen MR) is 33.7 cm³/mol. The van der Waals surface area contributed by atoms with Gasteiger partial charge in [-0.1, -0.05) is 0 Å². The van der Waals surface area contributed by atoms with Crippen molar-refractivity contribution < 1.29 is 55.5 Å². The molecule has 0 saturated carbocycles. The summed E-state index contributed by atoms with van der Waals surface area (Å²) in [7, 11) is -6.17. The largest absolute Gasteiger partial charge is 1.00 e. The standard InChI is InChI=1S/6CN.2Ag.Fe/c6*1-2;;;/q;;;;;;2*+1;-2. The van der Waals surface area contributed by atoms with Gasteiger partial charge in [-0.25, -0.2) is 0 Å². The van der Waals surface area contributed by atoms with Gasteiger partial charge < -0.3 is 0 Å². The molecule has 0 spiro atoms. The second-order valence-electron chi connectivity index (χ2n) is 1.80. The molecule has 6 nitrogen and oxygen atoms in total. The Labute approximate surface area is 116 Å². The third-order valence-corrected chi connectivity index (χ3v) is 4.89. The molecule has 0 N–H and O–H groups in total. The molecule has 0 heterocycles. The van der Waals surface area contributed by atoms with Crippen LogP contribution in [0.15, 0.2) is 0 Å². The molecule has 0 aromatic carbocycles. The Morgan fingerprint density at radius 1 is 0.467 bits per heavy atom. The van der Waals surface area contributed by atoms with Crippen LogP contribution in [0.4, 0.5) is 0 Å². The minimum atomic E-state index is -6.17. The second-order valence-corrected chi connectivity index (χ2v) is 7.42. The first-order valence-electron chi connectivity index (χ1n) is 2.40. The van der Waals surface area contributed by atoms with Crippen molar-refractivity contribution in [2.75, 3.05) is 0 Å². The minimum absolute atomic E-state index is 0. The molecule has 0 radical (unpaired) electrons. The van der Waals surface area contributed by atoms with Gasteiger partial charge in [0.1, 0.15) is 0 Å². The van der Waals surface area contributed by atoms with Crippen LogP contribution >= 0.6 is 0 Å². The van der Waals surface area contributed by atoms with Crippen molar-refractivity contribution >= 4 is 0 Å². The number of nitrogens with zero attached hydrogens (tertiary/aromatic N) is 6. The SMILES string of the molecule is N#[C][Fe-2]([C]#N)([C]#N)([C]#N)([C]#N)[C]#N.[Ag+].[Ag+]. The Hall–Kier alpha value is -1.06. The van der Waals surface area contributed by atoms with Gasteiger partial charge in [-0.2, -0.15) is 0 Å². The summed E-state index contributed by atoms with van der Waals surface area (Å²) in [4.78, 5) is 6.19. The van der Waals surface area contributed by atoms with Gasteiger partial charge in [0.2, 0.25) is 0 Å². The van der Waals surface area contributed by atoms with E-state index in [1.165, 1.54) is 0 Å². The van der Waals surface area contributed by atoms with E-state index in [0.29, 0.717) is 0 Å². The molecule has 0 saturated heterocycles. The zero-order valence-corrected chi connectivity index (χ0v) is 10.7. The summed E-state index contributed by atoms with van der Waals surface area (Å²) >= 11 is 0. The fourth-order valence-electron chi connectivity index (χ4n) is 0.265. The first kappa shape index (κ1) is 19.5. The number of rotatable bonds is 0. The summed E-state index contributed by atoms with van der Waals surface area (Å²) in [5.41, 5.74) is 0. The van der Waals surface area contributed by atoms with E-state index in [0.717, 1.165) is 29.8 Å². The quantitative estimate of drug-likeness (QED) is 0.501. The molecule has 0 rings (SSSR count). The van der Waals surface area contributed by atoms with E-state index in [1.54, 1.807) is 0 Å². The Balaban J connectivity index is -0.000000720.